The molecule has 1 unspecified atom stereocenters. The van der Waals surface area contributed by atoms with Crippen molar-refractivity contribution < 1.29 is 9.84 Å². The molecule has 0 spiro atoms. The van der Waals surface area contributed by atoms with E-state index in [2.05, 4.69) is 15.0 Å². The van der Waals surface area contributed by atoms with Gasteiger partial charge in [-0.05, 0) is 29.8 Å². The zero-order valence-corrected chi connectivity index (χ0v) is 11.8. The number of nitrogens with zero attached hydrogens (tertiary/aromatic N) is 4. The van der Waals surface area contributed by atoms with Crippen LogP contribution in [0.2, 0.25) is 0 Å². The van der Waals surface area contributed by atoms with E-state index in [-0.39, 0.29) is 13.2 Å². The van der Waals surface area contributed by atoms with Gasteiger partial charge in [-0.1, -0.05) is 29.4 Å². The van der Waals surface area contributed by atoms with Crippen LogP contribution in [0.5, 0.6) is 5.75 Å². The van der Waals surface area contributed by atoms with Gasteiger partial charge in [-0.15, -0.1) is 0 Å². The lowest BCUT2D eigenvalue weighted by Gasteiger charge is -2.14. The molecule has 1 atom stereocenters. The number of azide groups is 1. The molecule has 2 aromatic carbocycles. The van der Waals surface area contributed by atoms with Crippen molar-refractivity contribution in [3.05, 3.63) is 59.0 Å². The molecule has 0 aliphatic rings. The second-order valence-corrected chi connectivity index (χ2v) is 4.85. The molecule has 0 aliphatic heterocycles. The Morgan fingerprint density at radius 1 is 1.09 bits per heavy atom. The van der Waals surface area contributed by atoms with E-state index in [1.807, 2.05) is 48.5 Å². The summed E-state index contributed by atoms with van der Waals surface area (Å²) in [6.45, 7) is 0.0362. The molecule has 0 saturated heterocycles. The molecule has 3 rings (SSSR count). The first kappa shape index (κ1) is 14.1. The van der Waals surface area contributed by atoms with Gasteiger partial charge in [0.2, 0.25) is 0 Å². The van der Waals surface area contributed by atoms with Crippen molar-refractivity contribution in [2.45, 2.75) is 6.10 Å². The second-order valence-electron chi connectivity index (χ2n) is 4.85. The molecular weight excluding hydrogens is 280 g/mol. The minimum Gasteiger partial charge on any atom is -0.489 e. The number of aliphatic hydroxyl groups excluding tert-OH is 1. The summed E-state index contributed by atoms with van der Waals surface area (Å²) in [5, 5.41) is 14.9. The molecule has 110 valence electrons. The van der Waals surface area contributed by atoms with Crippen LogP contribution in [-0.4, -0.2) is 29.3 Å². The van der Waals surface area contributed by atoms with Crippen molar-refractivity contribution in [3.63, 3.8) is 0 Å². The highest BCUT2D eigenvalue weighted by Gasteiger charge is 2.11. The number of pyridine rings is 1. The minimum atomic E-state index is -0.846. The highest BCUT2D eigenvalue weighted by molar-refractivity contribution is 6.00. The van der Waals surface area contributed by atoms with Gasteiger partial charge < -0.3 is 9.84 Å². The van der Waals surface area contributed by atoms with Gasteiger partial charge >= 0.3 is 0 Å². The topological polar surface area (TPSA) is 91.1 Å². The lowest BCUT2D eigenvalue weighted by Crippen LogP contribution is -2.20. The van der Waals surface area contributed by atoms with Crippen molar-refractivity contribution in [2.75, 3.05) is 13.2 Å². The fourth-order valence-corrected chi connectivity index (χ4v) is 2.32. The molecule has 22 heavy (non-hydrogen) atoms. The number of aromatic nitrogens is 1. The molecule has 0 radical (unpaired) electrons. The number of ether oxygens (including phenoxy) is 1. The van der Waals surface area contributed by atoms with Crippen LogP contribution in [0.1, 0.15) is 0 Å². The fraction of sp³-hybridized carbons (Fsp3) is 0.188. The Morgan fingerprint density at radius 3 is 2.27 bits per heavy atom. The standard InChI is InChI=1S/C16H14N4O2/c17-20-18-9-11(21)10-22-16-12-5-1-3-7-14(12)19-15-8-4-2-6-13(15)16/h1-8,11,21H,9-10H2. The van der Waals surface area contributed by atoms with Crippen molar-refractivity contribution in [1.82, 2.24) is 4.98 Å². The van der Waals surface area contributed by atoms with Crippen LogP contribution < -0.4 is 4.74 Å². The quantitative estimate of drug-likeness (QED) is 0.338. The largest absolute Gasteiger partial charge is 0.489 e. The summed E-state index contributed by atoms with van der Waals surface area (Å²) in [5.41, 5.74) is 9.95. The summed E-state index contributed by atoms with van der Waals surface area (Å²) in [5.74, 6) is 0.682. The third kappa shape index (κ3) is 2.79. The van der Waals surface area contributed by atoms with Crippen LogP contribution >= 0.6 is 0 Å². The summed E-state index contributed by atoms with van der Waals surface area (Å²) in [7, 11) is 0. The maximum Gasteiger partial charge on any atom is 0.138 e. The highest BCUT2D eigenvalue weighted by atomic mass is 16.5. The van der Waals surface area contributed by atoms with Gasteiger partial charge in [-0.25, -0.2) is 4.98 Å². The summed E-state index contributed by atoms with van der Waals surface area (Å²) < 4.78 is 5.82. The number of para-hydroxylation sites is 2. The van der Waals surface area contributed by atoms with E-state index in [9.17, 15) is 5.11 Å². The number of hydrogen-bond donors (Lipinski definition) is 1. The molecule has 3 aromatic rings. The van der Waals surface area contributed by atoms with Crippen molar-refractivity contribution in [2.24, 2.45) is 5.11 Å². The Balaban J connectivity index is 2.02. The Kier molecular flexibility index (Phi) is 4.05. The van der Waals surface area contributed by atoms with Gasteiger partial charge in [-0.2, -0.15) is 0 Å². The fourth-order valence-electron chi connectivity index (χ4n) is 2.32. The third-order valence-corrected chi connectivity index (χ3v) is 3.31. The monoisotopic (exact) mass is 294 g/mol. The van der Waals surface area contributed by atoms with Crippen LogP contribution in [0.15, 0.2) is 53.6 Å². The molecule has 0 bridgehead atoms. The number of hydrogen-bond acceptors (Lipinski definition) is 4. The van der Waals surface area contributed by atoms with E-state index in [1.54, 1.807) is 0 Å². The van der Waals surface area contributed by atoms with Crippen LogP contribution in [0.3, 0.4) is 0 Å². The molecule has 6 nitrogen and oxygen atoms in total. The van der Waals surface area contributed by atoms with Crippen LogP contribution in [0, 0.1) is 0 Å². The van der Waals surface area contributed by atoms with E-state index in [4.69, 9.17) is 10.3 Å². The first-order valence-electron chi connectivity index (χ1n) is 6.89. The lowest BCUT2D eigenvalue weighted by molar-refractivity contribution is 0.116. The Bertz CT molecular complexity index is 805. The predicted molar refractivity (Wildman–Crippen MR) is 84.8 cm³/mol. The lowest BCUT2D eigenvalue weighted by atomic mass is 10.1. The van der Waals surface area contributed by atoms with Gasteiger partial charge in [0.1, 0.15) is 12.4 Å². The number of fused-ring (bicyclic) bond motifs is 2. The van der Waals surface area contributed by atoms with Gasteiger partial charge in [0.15, 0.2) is 0 Å². The summed E-state index contributed by atoms with van der Waals surface area (Å²) in [6, 6.07) is 15.4. The molecule has 6 heteroatoms. The second kappa shape index (κ2) is 6.30. The zero-order chi connectivity index (χ0) is 15.4. The first-order chi connectivity index (χ1) is 10.8. The van der Waals surface area contributed by atoms with Gasteiger partial charge in [0.05, 0.1) is 23.7 Å². The number of benzene rings is 2. The van der Waals surface area contributed by atoms with E-state index >= 15 is 0 Å². The minimum absolute atomic E-state index is 0.0164. The van der Waals surface area contributed by atoms with E-state index in [0.717, 1.165) is 21.8 Å². The third-order valence-electron chi connectivity index (χ3n) is 3.31. The molecule has 1 aromatic heterocycles. The molecule has 0 saturated carbocycles. The average Bonchev–Trinajstić information content (AvgIpc) is 2.56. The molecule has 0 fully saturated rings. The van der Waals surface area contributed by atoms with Crippen molar-refractivity contribution in [3.8, 4) is 5.75 Å². The summed E-state index contributed by atoms with van der Waals surface area (Å²) in [4.78, 5) is 7.24. The maximum absolute atomic E-state index is 9.78. The highest BCUT2D eigenvalue weighted by Crippen LogP contribution is 2.32. The molecule has 0 aliphatic carbocycles. The summed E-state index contributed by atoms with van der Waals surface area (Å²) >= 11 is 0. The van der Waals surface area contributed by atoms with Gasteiger partial charge in [0, 0.05) is 15.7 Å². The van der Waals surface area contributed by atoms with E-state index in [0.29, 0.717) is 5.75 Å². The molecule has 1 N–H and O–H groups in total. The first-order valence-corrected chi connectivity index (χ1v) is 6.89. The number of aliphatic hydroxyl groups is 1. The molecule has 1 heterocycles. The van der Waals surface area contributed by atoms with Gasteiger partial charge in [-0.3, -0.25) is 0 Å². The zero-order valence-electron chi connectivity index (χ0n) is 11.8. The molecular formula is C16H14N4O2. The average molecular weight is 294 g/mol. The SMILES string of the molecule is [N-]=[N+]=NCC(O)COc1c2ccccc2nc2ccccc12. The predicted octanol–water partition coefficient (Wildman–Crippen LogP) is 3.44. The summed E-state index contributed by atoms with van der Waals surface area (Å²) in [6.07, 6.45) is -0.846. The van der Waals surface area contributed by atoms with Crippen LogP contribution in [0.25, 0.3) is 32.2 Å². The Labute approximate surface area is 126 Å². The molecule has 0 amide bonds. The van der Waals surface area contributed by atoms with E-state index in [1.165, 1.54) is 0 Å². The smallest absolute Gasteiger partial charge is 0.138 e. The van der Waals surface area contributed by atoms with E-state index < -0.39 is 6.10 Å². The van der Waals surface area contributed by atoms with Crippen molar-refractivity contribution in [1.29, 1.82) is 0 Å². The Morgan fingerprint density at radius 2 is 1.68 bits per heavy atom. The number of rotatable bonds is 5. The van der Waals surface area contributed by atoms with Crippen LogP contribution in [-0.2, 0) is 0 Å². The van der Waals surface area contributed by atoms with Crippen LogP contribution in [0.4, 0.5) is 0 Å². The Hall–Kier alpha value is -2.82. The van der Waals surface area contributed by atoms with Gasteiger partial charge in [0.25, 0.3) is 0 Å². The van der Waals surface area contributed by atoms with Crippen molar-refractivity contribution >= 4 is 21.8 Å². The maximum atomic E-state index is 9.78. The normalized spacial score (nSPS) is 12.0.